The van der Waals surface area contributed by atoms with Crippen molar-refractivity contribution in [2.24, 2.45) is 0 Å². The summed E-state index contributed by atoms with van der Waals surface area (Å²) in [5.41, 5.74) is 6.96. The maximum atomic E-state index is 14.0. The molecule has 0 amide bonds. The first-order valence-electron chi connectivity index (χ1n) is 12.3. The number of Topliss-reactive ketones (excluding diaryl/α,β-unsaturated/α-hetero) is 1. The Labute approximate surface area is 214 Å². The molecule has 37 heavy (non-hydrogen) atoms. The molecule has 182 valence electrons. The number of pyridine rings is 1. The lowest BCUT2D eigenvalue weighted by Gasteiger charge is -2.18. The van der Waals surface area contributed by atoms with Crippen molar-refractivity contribution in [3.8, 4) is 5.69 Å². The Bertz CT molecular complexity index is 1760. The van der Waals surface area contributed by atoms with Crippen LogP contribution in [0, 0.1) is 13.8 Å². The van der Waals surface area contributed by atoms with E-state index in [1.165, 1.54) is 0 Å². The third kappa shape index (κ3) is 3.69. The van der Waals surface area contributed by atoms with Crippen LogP contribution in [-0.4, -0.2) is 20.5 Å². The molecule has 0 saturated carbocycles. The second-order valence-electron chi connectivity index (χ2n) is 9.51. The maximum absolute atomic E-state index is 14.0. The summed E-state index contributed by atoms with van der Waals surface area (Å²) >= 11 is 0. The molecular formula is C31H26N4O2. The average molecular weight is 487 g/mol. The highest BCUT2D eigenvalue weighted by atomic mass is 16.1. The molecule has 0 bridgehead atoms. The molecule has 2 heterocycles. The molecule has 3 aromatic carbocycles. The van der Waals surface area contributed by atoms with Gasteiger partial charge in [-0.05, 0) is 61.7 Å². The Hall–Kier alpha value is -4.71. The van der Waals surface area contributed by atoms with Gasteiger partial charge in [0.15, 0.2) is 5.78 Å². The van der Waals surface area contributed by atoms with Crippen LogP contribution in [0.4, 0.5) is 5.69 Å². The smallest absolute Gasteiger partial charge is 0.261 e. The number of allylic oxidation sites excluding steroid dienone is 2. The van der Waals surface area contributed by atoms with Gasteiger partial charge in [0.05, 0.1) is 16.9 Å². The van der Waals surface area contributed by atoms with E-state index in [2.05, 4.69) is 10.3 Å². The zero-order valence-corrected chi connectivity index (χ0v) is 20.9. The van der Waals surface area contributed by atoms with Crippen LogP contribution in [0.15, 0.2) is 101 Å². The number of nitrogens with one attached hydrogen (secondary N) is 2. The third-order valence-electron chi connectivity index (χ3n) is 6.99. The fraction of sp³-hybridized carbons (Fsp3) is 0.129. The van der Waals surface area contributed by atoms with Gasteiger partial charge < -0.3 is 10.3 Å². The number of aromatic amines is 1. The van der Waals surface area contributed by atoms with Crippen LogP contribution >= 0.6 is 0 Å². The lowest BCUT2D eigenvalue weighted by molar-refractivity contribution is 0.103. The number of carbonyl (C=O) groups is 1. The van der Waals surface area contributed by atoms with Crippen molar-refractivity contribution in [1.29, 1.82) is 0 Å². The minimum absolute atomic E-state index is 0.192. The van der Waals surface area contributed by atoms with Crippen molar-refractivity contribution in [1.82, 2.24) is 14.8 Å². The molecule has 6 heteroatoms. The fourth-order valence-electron chi connectivity index (χ4n) is 5.44. The van der Waals surface area contributed by atoms with Gasteiger partial charge in [-0.1, -0.05) is 60.7 Å². The number of hydrogen-bond donors (Lipinski definition) is 2. The van der Waals surface area contributed by atoms with Gasteiger partial charge in [0, 0.05) is 28.3 Å². The largest absolute Gasteiger partial charge is 0.359 e. The summed E-state index contributed by atoms with van der Waals surface area (Å²) in [5, 5.41) is 9.02. The molecule has 1 aliphatic rings. The van der Waals surface area contributed by atoms with Gasteiger partial charge in [0.2, 0.25) is 0 Å². The highest BCUT2D eigenvalue weighted by Crippen LogP contribution is 2.46. The number of benzene rings is 3. The Morgan fingerprint density at radius 3 is 2.32 bits per heavy atom. The molecule has 6 rings (SSSR count). The molecule has 2 N–H and O–H groups in total. The van der Waals surface area contributed by atoms with Crippen molar-refractivity contribution < 1.29 is 4.79 Å². The van der Waals surface area contributed by atoms with E-state index in [0.717, 1.165) is 44.8 Å². The van der Waals surface area contributed by atoms with Crippen LogP contribution in [0.2, 0.25) is 0 Å². The molecular weight excluding hydrogens is 460 g/mol. The highest BCUT2D eigenvalue weighted by Gasteiger charge is 2.42. The lowest BCUT2D eigenvalue weighted by atomic mass is 9.87. The van der Waals surface area contributed by atoms with Gasteiger partial charge in [-0.3, -0.25) is 9.59 Å². The zero-order valence-electron chi connectivity index (χ0n) is 20.9. The van der Waals surface area contributed by atoms with E-state index in [0.29, 0.717) is 11.2 Å². The molecule has 1 atom stereocenters. The minimum Gasteiger partial charge on any atom is -0.359 e. The van der Waals surface area contributed by atoms with E-state index in [1.54, 1.807) is 4.68 Å². The quantitative estimate of drug-likeness (QED) is 0.303. The predicted molar refractivity (Wildman–Crippen MR) is 147 cm³/mol. The monoisotopic (exact) mass is 486 g/mol. The Balaban J connectivity index is 1.64. The number of nitrogens with zero attached hydrogens (tertiary/aromatic N) is 2. The second kappa shape index (κ2) is 8.75. The second-order valence-corrected chi connectivity index (χ2v) is 9.51. The first-order valence-corrected chi connectivity index (χ1v) is 12.3. The number of para-hydroxylation sites is 1. The topological polar surface area (TPSA) is 79.8 Å². The number of ketones is 1. The number of fused-ring (bicyclic) bond motifs is 3. The molecule has 0 spiro atoms. The van der Waals surface area contributed by atoms with Gasteiger partial charge in [0.25, 0.3) is 5.56 Å². The van der Waals surface area contributed by atoms with Gasteiger partial charge >= 0.3 is 0 Å². The molecule has 0 aliphatic heterocycles. The van der Waals surface area contributed by atoms with E-state index < -0.39 is 11.5 Å². The summed E-state index contributed by atoms with van der Waals surface area (Å²) < 4.78 is 1.75. The van der Waals surface area contributed by atoms with Gasteiger partial charge in [0.1, 0.15) is 5.65 Å². The fourth-order valence-corrected chi connectivity index (χ4v) is 5.44. The third-order valence-corrected chi connectivity index (χ3v) is 6.99. The summed E-state index contributed by atoms with van der Waals surface area (Å²) in [6.07, 6.45) is 0. The molecule has 1 aliphatic carbocycles. The molecule has 0 radical (unpaired) electrons. The molecule has 5 aromatic rings. The summed E-state index contributed by atoms with van der Waals surface area (Å²) in [7, 11) is 0. The Kier molecular flexibility index (Phi) is 5.37. The SMILES string of the molecule is C/C(Nc1cccc(C)c1)=C1/C(=O)c2c(c3c(C)nn(-c4ccccc4)c3[nH]c2=O)C1c1ccccc1. The zero-order chi connectivity index (χ0) is 25.7. The van der Waals surface area contributed by atoms with Crippen LogP contribution in [0.3, 0.4) is 0 Å². The van der Waals surface area contributed by atoms with Crippen LogP contribution in [0.1, 0.15) is 45.6 Å². The van der Waals surface area contributed by atoms with Crippen LogP contribution < -0.4 is 10.9 Å². The van der Waals surface area contributed by atoms with E-state index >= 15 is 0 Å². The number of H-pyrrole nitrogens is 1. The van der Waals surface area contributed by atoms with Gasteiger partial charge in [-0.2, -0.15) is 5.10 Å². The number of rotatable bonds is 4. The molecule has 2 aromatic heterocycles. The minimum atomic E-state index is -0.405. The first-order chi connectivity index (χ1) is 17.9. The standard InChI is InChI=1S/C31H26N4O2/c1-18-11-10-14-22(17-18)32-19(2)24-26(21-12-6-4-7-13-21)27-25-20(3)34-35(23-15-8-5-9-16-23)30(25)33-31(37)28(27)29(24)36/h4-17,26,32H,1-3H3,(H,33,37)/b24-19-. The van der Waals surface area contributed by atoms with Gasteiger partial charge in [-0.25, -0.2) is 4.68 Å². The summed E-state index contributed by atoms with van der Waals surface area (Å²) in [6, 6.07) is 27.6. The molecule has 6 nitrogen and oxygen atoms in total. The number of aryl methyl sites for hydroxylation is 2. The summed E-state index contributed by atoms with van der Waals surface area (Å²) in [6.45, 7) is 5.86. The lowest BCUT2D eigenvalue weighted by Crippen LogP contribution is -2.18. The number of hydrogen-bond acceptors (Lipinski definition) is 4. The normalized spacial score (nSPS) is 16.2. The van der Waals surface area contributed by atoms with E-state index in [-0.39, 0.29) is 11.3 Å². The Morgan fingerprint density at radius 1 is 0.919 bits per heavy atom. The number of anilines is 1. The van der Waals surface area contributed by atoms with Crippen molar-refractivity contribution >= 4 is 22.5 Å². The predicted octanol–water partition coefficient (Wildman–Crippen LogP) is 6.04. The first kappa shape index (κ1) is 22.7. The van der Waals surface area contributed by atoms with Crippen LogP contribution in [0.25, 0.3) is 16.7 Å². The van der Waals surface area contributed by atoms with Crippen molar-refractivity contribution in [3.63, 3.8) is 0 Å². The Morgan fingerprint density at radius 2 is 1.62 bits per heavy atom. The summed E-state index contributed by atoms with van der Waals surface area (Å²) in [5.74, 6) is -0.658. The summed E-state index contributed by atoms with van der Waals surface area (Å²) in [4.78, 5) is 30.5. The van der Waals surface area contributed by atoms with E-state index in [4.69, 9.17) is 5.10 Å². The van der Waals surface area contributed by atoms with Crippen molar-refractivity contribution in [2.75, 3.05) is 5.32 Å². The van der Waals surface area contributed by atoms with Gasteiger partial charge in [-0.15, -0.1) is 0 Å². The maximum Gasteiger partial charge on any atom is 0.261 e. The number of carbonyl (C=O) groups excluding carboxylic acids is 1. The van der Waals surface area contributed by atoms with E-state index in [1.807, 2.05) is 106 Å². The molecule has 0 saturated heterocycles. The van der Waals surface area contributed by atoms with Crippen molar-refractivity contribution in [3.05, 3.63) is 135 Å². The van der Waals surface area contributed by atoms with E-state index in [9.17, 15) is 9.59 Å². The molecule has 0 fully saturated rings. The van der Waals surface area contributed by atoms with Crippen molar-refractivity contribution in [2.45, 2.75) is 26.7 Å². The number of aromatic nitrogens is 3. The van der Waals surface area contributed by atoms with Crippen LogP contribution in [0.5, 0.6) is 0 Å². The average Bonchev–Trinajstić information content (AvgIpc) is 3.39. The molecule has 1 unspecified atom stereocenters. The van der Waals surface area contributed by atoms with Crippen LogP contribution in [-0.2, 0) is 0 Å². The highest BCUT2D eigenvalue weighted by molar-refractivity contribution is 6.18.